The number of aromatic carboxylic acids is 1. The highest BCUT2D eigenvalue weighted by atomic mass is 32.1. The molecule has 0 spiro atoms. The Morgan fingerprint density at radius 3 is 2.37 bits per heavy atom. The third-order valence-corrected chi connectivity index (χ3v) is 5.44. The first-order chi connectivity index (χ1) is 14.4. The number of hydrogen-bond donors (Lipinski definition) is 2. The van der Waals surface area contributed by atoms with Gasteiger partial charge in [-0.2, -0.15) is 0 Å². The van der Waals surface area contributed by atoms with Gasteiger partial charge in [0.15, 0.2) is 0 Å². The minimum absolute atomic E-state index is 0.0292. The van der Waals surface area contributed by atoms with Gasteiger partial charge >= 0.3 is 5.97 Å². The van der Waals surface area contributed by atoms with E-state index in [0.29, 0.717) is 17.2 Å². The van der Waals surface area contributed by atoms with Crippen LogP contribution in [0.4, 0.5) is 14.5 Å². The molecule has 3 aromatic rings. The molecular formula is C22H19F2NO4S. The van der Waals surface area contributed by atoms with Crippen molar-refractivity contribution < 1.29 is 28.2 Å². The highest BCUT2D eigenvalue weighted by Gasteiger charge is 2.22. The molecule has 156 valence electrons. The molecule has 0 bridgehead atoms. The number of nitrogens with one attached hydrogen (secondary N) is 1. The van der Waals surface area contributed by atoms with Crippen LogP contribution in [0, 0.1) is 11.6 Å². The number of carbonyl (C=O) groups excluding carboxylic acids is 1. The molecule has 2 N–H and O–H groups in total. The third kappa shape index (κ3) is 4.83. The fourth-order valence-corrected chi connectivity index (χ4v) is 3.69. The first-order valence-electron chi connectivity index (χ1n) is 9.26. The van der Waals surface area contributed by atoms with E-state index in [2.05, 4.69) is 12.2 Å². The van der Waals surface area contributed by atoms with E-state index in [-0.39, 0.29) is 10.6 Å². The Balaban J connectivity index is 1.85. The van der Waals surface area contributed by atoms with E-state index in [9.17, 15) is 23.5 Å². The first-order valence-corrected chi connectivity index (χ1v) is 10.1. The van der Waals surface area contributed by atoms with Gasteiger partial charge in [-0.15, -0.1) is 11.3 Å². The van der Waals surface area contributed by atoms with Gasteiger partial charge < -0.3 is 15.2 Å². The van der Waals surface area contributed by atoms with Crippen molar-refractivity contribution in [3.63, 3.8) is 0 Å². The Bertz CT molecular complexity index is 1040. The predicted molar refractivity (Wildman–Crippen MR) is 111 cm³/mol. The molecule has 0 atom stereocenters. The Morgan fingerprint density at radius 2 is 1.77 bits per heavy atom. The normalized spacial score (nSPS) is 10.6. The maximum atomic E-state index is 13.9. The second-order valence-corrected chi connectivity index (χ2v) is 7.49. The average Bonchev–Trinajstić information content (AvgIpc) is 3.12. The zero-order valence-electron chi connectivity index (χ0n) is 16.1. The van der Waals surface area contributed by atoms with Crippen LogP contribution in [0.2, 0.25) is 0 Å². The molecule has 0 saturated heterocycles. The molecule has 0 saturated carbocycles. The number of ether oxygens (including phenoxy) is 1. The summed E-state index contributed by atoms with van der Waals surface area (Å²) in [5, 5.41) is 11.8. The molecule has 0 fully saturated rings. The van der Waals surface area contributed by atoms with Gasteiger partial charge in [0.25, 0.3) is 5.91 Å². The van der Waals surface area contributed by atoms with E-state index in [1.54, 1.807) is 24.3 Å². The number of amides is 1. The second kappa shape index (κ2) is 9.49. The van der Waals surface area contributed by atoms with Crippen molar-refractivity contribution in [3.05, 3.63) is 70.6 Å². The summed E-state index contributed by atoms with van der Waals surface area (Å²) in [7, 11) is 0. The van der Waals surface area contributed by atoms with Crippen LogP contribution in [-0.2, 0) is 0 Å². The highest BCUT2D eigenvalue weighted by molar-refractivity contribution is 7.18. The Kier molecular flexibility index (Phi) is 6.79. The SMILES string of the molecule is CCCCOc1ccc(-c2cc(NC(=O)c3c(F)cccc3F)c(C(=O)O)s2)cc1. The lowest BCUT2D eigenvalue weighted by atomic mass is 10.1. The molecule has 1 amide bonds. The van der Waals surface area contributed by atoms with Crippen molar-refractivity contribution in [2.45, 2.75) is 19.8 Å². The molecule has 0 aliphatic carbocycles. The average molecular weight is 431 g/mol. The monoisotopic (exact) mass is 431 g/mol. The molecule has 3 rings (SSSR count). The number of carboxylic acid groups (broad SMARTS) is 1. The lowest BCUT2D eigenvalue weighted by Crippen LogP contribution is -2.16. The summed E-state index contributed by atoms with van der Waals surface area (Å²) in [4.78, 5) is 24.4. The number of rotatable bonds is 8. The Hall–Kier alpha value is -3.26. The van der Waals surface area contributed by atoms with Crippen LogP contribution in [0.3, 0.4) is 0 Å². The molecule has 0 aliphatic rings. The van der Waals surface area contributed by atoms with E-state index >= 15 is 0 Å². The molecule has 0 radical (unpaired) electrons. The molecule has 0 unspecified atom stereocenters. The molecule has 2 aromatic carbocycles. The zero-order chi connectivity index (χ0) is 21.7. The number of anilines is 1. The summed E-state index contributed by atoms with van der Waals surface area (Å²) in [6, 6.07) is 11.6. The first kappa shape index (κ1) is 21.4. The largest absolute Gasteiger partial charge is 0.494 e. The minimum atomic E-state index is -1.25. The van der Waals surface area contributed by atoms with Gasteiger partial charge in [-0.3, -0.25) is 4.79 Å². The quantitative estimate of drug-likeness (QED) is 0.441. The fourth-order valence-electron chi connectivity index (χ4n) is 2.73. The van der Waals surface area contributed by atoms with E-state index in [0.717, 1.165) is 47.9 Å². The van der Waals surface area contributed by atoms with Gasteiger partial charge in [0, 0.05) is 4.88 Å². The number of thiophene rings is 1. The van der Waals surface area contributed by atoms with Gasteiger partial charge in [0.2, 0.25) is 0 Å². The Morgan fingerprint density at radius 1 is 1.10 bits per heavy atom. The predicted octanol–water partition coefficient (Wildman–Crippen LogP) is 5.82. The maximum Gasteiger partial charge on any atom is 0.348 e. The van der Waals surface area contributed by atoms with Crippen LogP contribution in [0.1, 0.15) is 39.8 Å². The van der Waals surface area contributed by atoms with Crippen LogP contribution in [0.5, 0.6) is 5.75 Å². The molecular weight excluding hydrogens is 412 g/mol. The smallest absolute Gasteiger partial charge is 0.348 e. The lowest BCUT2D eigenvalue weighted by molar-refractivity contribution is 0.0703. The van der Waals surface area contributed by atoms with E-state index < -0.39 is 29.1 Å². The van der Waals surface area contributed by atoms with Crippen molar-refractivity contribution in [2.24, 2.45) is 0 Å². The highest BCUT2D eigenvalue weighted by Crippen LogP contribution is 2.36. The molecule has 30 heavy (non-hydrogen) atoms. The molecule has 1 heterocycles. The standard InChI is InChI=1S/C22H19F2NO4S/c1-2-3-11-29-14-9-7-13(8-10-14)18-12-17(20(30-18)22(27)28)25-21(26)19-15(23)5-4-6-16(19)24/h4-10,12H,2-3,11H2,1H3,(H,25,26)(H,27,28). The Labute approximate surface area is 175 Å². The van der Waals surface area contributed by atoms with Gasteiger partial charge in [0.05, 0.1) is 12.3 Å². The van der Waals surface area contributed by atoms with Crippen LogP contribution in [0.15, 0.2) is 48.5 Å². The summed E-state index contributed by atoms with van der Waals surface area (Å²) in [5.41, 5.74) is -0.0727. The number of hydrogen-bond acceptors (Lipinski definition) is 4. The van der Waals surface area contributed by atoms with E-state index in [4.69, 9.17) is 4.74 Å². The van der Waals surface area contributed by atoms with Gasteiger partial charge in [0.1, 0.15) is 27.8 Å². The maximum absolute atomic E-state index is 13.9. The summed E-state index contributed by atoms with van der Waals surface area (Å²) >= 11 is 0.951. The summed E-state index contributed by atoms with van der Waals surface area (Å²) in [6.07, 6.45) is 1.97. The number of carbonyl (C=O) groups is 2. The minimum Gasteiger partial charge on any atom is -0.494 e. The molecule has 8 heteroatoms. The van der Waals surface area contributed by atoms with Gasteiger partial charge in [-0.25, -0.2) is 13.6 Å². The molecule has 1 aromatic heterocycles. The van der Waals surface area contributed by atoms with Crippen LogP contribution < -0.4 is 10.1 Å². The van der Waals surface area contributed by atoms with E-state index in [1.165, 1.54) is 6.07 Å². The van der Waals surface area contributed by atoms with Gasteiger partial charge in [-0.05, 0) is 54.4 Å². The summed E-state index contributed by atoms with van der Waals surface area (Å²) < 4.78 is 33.3. The number of unbranched alkanes of at least 4 members (excludes halogenated alkanes) is 1. The third-order valence-electron chi connectivity index (χ3n) is 4.27. The van der Waals surface area contributed by atoms with Crippen LogP contribution in [-0.4, -0.2) is 23.6 Å². The fraction of sp³-hybridized carbons (Fsp3) is 0.182. The van der Waals surface area contributed by atoms with Crippen LogP contribution in [0.25, 0.3) is 10.4 Å². The van der Waals surface area contributed by atoms with E-state index in [1.807, 2.05) is 0 Å². The van der Waals surface area contributed by atoms with Crippen molar-refractivity contribution in [3.8, 4) is 16.2 Å². The number of halogens is 2. The van der Waals surface area contributed by atoms with Crippen molar-refractivity contribution >= 4 is 28.9 Å². The van der Waals surface area contributed by atoms with Crippen molar-refractivity contribution in [1.29, 1.82) is 0 Å². The number of carboxylic acids is 1. The molecule has 5 nitrogen and oxygen atoms in total. The van der Waals surface area contributed by atoms with Crippen molar-refractivity contribution in [1.82, 2.24) is 0 Å². The summed E-state index contributed by atoms with van der Waals surface area (Å²) in [6.45, 7) is 2.68. The van der Waals surface area contributed by atoms with Gasteiger partial charge in [-0.1, -0.05) is 19.4 Å². The topological polar surface area (TPSA) is 75.6 Å². The lowest BCUT2D eigenvalue weighted by Gasteiger charge is -2.06. The van der Waals surface area contributed by atoms with Crippen LogP contribution >= 0.6 is 11.3 Å². The summed E-state index contributed by atoms with van der Waals surface area (Å²) in [5.74, 6) is -3.67. The number of benzene rings is 2. The zero-order valence-corrected chi connectivity index (χ0v) is 16.9. The van der Waals surface area contributed by atoms with Crippen molar-refractivity contribution in [2.75, 3.05) is 11.9 Å². The molecule has 0 aliphatic heterocycles. The second-order valence-electron chi connectivity index (χ2n) is 6.44.